The molecule has 0 radical (unpaired) electrons. The van der Waals surface area contributed by atoms with Gasteiger partial charge in [0.15, 0.2) is 0 Å². The maximum atomic E-state index is 8.75. The van der Waals surface area contributed by atoms with Crippen LogP contribution in [0.4, 0.5) is 5.69 Å². The summed E-state index contributed by atoms with van der Waals surface area (Å²) < 4.78 is 5.17. The van der Waals surface area contributed by atoms with Crippen molar-refractivity contribution in [2.75, 3.05) is 38.2 Å². The molecule has 19 heavy (non-hydrogen) atoms. The second-order valence-electron chi connectivity index (χ2n) is 4.93. The number of nitrogens with zero attached hydrogens (tertiary/aromatic N) is 3. The predicted octanol–water partition coefficient (Wildman–Crippen LogP) is 2.12. The summed E-state index contributed by atoms with van der Waals surface area (Å²) in [6.45, 7) is 6.21. The van der Waals surface area contributed by atoms with Crippen molar-refractivity contribution in [3.05, 3.63) is 24.3 Å². The summed E-state index contributed by atoms with van der Waals surface area (Å²) >= 11 is 0. The van der Waals surface area contributed by atoms with E-state index in [2.05, 4.69) is 34.9 Å². The van der Waals surface area contributed by atoms with Crippen LogP contribution in [0.3, 0.4) is 0 Å². The van der Waals surface area contributed by atoms with Crippen LogP contribution in [-0.2, 0) is 0 Å². The van der Waals surface area contributed by atoms with Gasteiger partial charge in [0.1, 0.15) is 5.75 Å². The van der Waals surface area contributed by atoms with Crippen LogP contribution < -0.4 is 9.64 Å². The summed E-state index contributed by atoms with van der Waals surface area (Å²) in [6, 6.07) is 10.8. The van der Waals surface area contributed by atoms with Crippen LogP contribution in [-0.4, -0.2) is 44.2 Å². The summed E-state index contributed by atoms with van der Waals surface area (Å²) in [7, 11) is 1.68. The van der Waals surface area contributed by atoms with Crippen molar-refractivity contribution in [3.8, 4) is 11.8 Å². The van der Waals surface area contributed by atoms with Gasteiger partial charge in [0.2, 0.25) is 0 Å². The molecule has 0 saturated carbocycles. The highest BCUT2D eigenvalue weighted by molar-refractivity contribution is 5.49. The Bertz CT molecular complexity index is 430. The van der Waals surface area contributed by atoms with Crippen LogP contribution in [0.2, 0.25) is 0 Å². The van der Waals surface area contributed by atoms with E-state index >= 15 is 0 Å². The maximum absolute atomic E-state index is 8.75. The smallest absolute Gasteiger partial charge is 0.119 e. The molecule has 1 fully saturated rings. The van der Waals surface area contributed by atoms with E-state index in [4.69, 9.17) is 10.00 Å². The van der Waals surface area contributed by atoms with Gasteiger partial charge in [-0.3, -0.25) is 4.90 Å². The molecule has 1 aromatic rings. The molecule has 1 aliphatic rings. The third kappa shape index (κ3) is 3.39. The van der Waals surface area contributed by atoms with Gasteiger partial charge in [0, 0.05) is 37.9 Å². The summed E-state index contributed by atoms with van der Waals surface area (Å²) in [4.78, 5) is 4.78. The Morgan fingerprint density at radius 2 is 1.84 bits per heavy atom. The Balaban J connectivity index is 1.90. The molecule has 0 aromatic heterocycles. The van der Waals surface area contributed by atoms with Gasteiger partial charge in [0.25, 0.3) is 0 Å². The summed E-state index contributed by atoms with van der Waals surface area (Å²) in [5, 5.41) is 8.75. The molecule has 1 saturated heterocycles. The first kappa shape index (κ1) is 13.7. The number of rotatable bonds is 4. The number of piperazine rings is 1. The Morgan fingerprint density at radius 3 is 2.37 bits per heavy atom. The zero-order chi connectivity index (χ0) is 13.7. The van der Waals surface area contributed by atoms with Crippen LogP contribution >= 0.6 is 0 Å². The average molecular weight is 259 g/mol. The van der Waals surface area contributed by atoms with Crippen molar-refractivity contribution in [1.82, 2.24) is 4.90 Å². The summed E-state index contributed by atoms with van der Waals surface area (Å²) in [5.74, 6) is 0.894. The van der Waals surface area contributed by atoms with Gasteiger partial charge in [-0.1, -0.05) is 0 Å². The summed E-state index contributed by atoms with van der Waals surface area (Å²) in [6.07, 6.45) is 0.614. The van der Waals surface area contributed by atoms with Crippen LogP contribution in [0, 0.1) is 11.3 Å². The highest BCUT2D eigenvalue weighted by atomic mass is 16.5. The maximum Gasteiger partial charge on any atom is 0.119 e. The highest BCUT2D eigenvalue weighted by Gasteiger charge is 2.20. The van der Waals surface area contributed by atoms with Crippen molar-refractivity contribution >= 4 is 5.69 Å². The van der Waals surface area contributed by atoms with Gasteiger partial charge >= 0.3 is 0 Å². The quantitative estimate of drug-likeness (QED) is 0.830. The van der Waals surface area contributed by atoms with Gasteiger partial charge in [-0.2, -0.15) is 5.26 Å². The molecule has 1 atom stereocenters. The van der Waals surface area contributed by atoms with Crippen LogP contribution in [0.5, 0.6) is 5.75 Å². The van der Waals surface area contributed by atoms with Crippen molar-refractivity contribution < 1.29 is 4.74 Å². The minimum Gasteiger partial charge on any atom is -0.497 e. The largest absolute Gasteiger partial charge is 0.497 e. The molecule has 0 bridgehead atoms. The minimum atomic E-state index is 0.364. The van der Waals surface area contributed by atoms with E-state index in [9.17, 15) is 0 Å². The van der Waals surface area contributed by atoms with E-state index in [0.717, 1.165) is 31.9 Å². The van der Waals surface area contributed by atoms with Crippen molar-refractivity contribution in [2.45, 2.75) is 19.4 Å². The SMILES string of the molecule is COc1ccc(N2CCN(C(C)CC#N)CC2)cc1. The molecule has 0 aliphatic carbocycles. The van der Waals surface area contributed by atoms with Crippen molar-refractivity contribution in [1.29, 1.82) is 5.26 Å². The standard InChI is InChI=1S/C15H21N3O/c1-13(7-8-16)17-9-11-18(12-10-17)14-3-5-15(19-2)6-4-14/h3-6,13H,7,9-12H2,1-2H3. The minimum absolute atomic E-state index is 0.364. The monoisotopic (exact) mass is 259 g/mol. The fourth-order valence-corrected chi connectivity index (χ4v) is 2.48. The zero-order valence-electron chi connectivity index (χ0n) is 11.7. The van der Waals surface area contributed by atoms with E-state index in [0.29, 0.717) is 12.5 Å². The number of nitriles is 1. The highest BCUT2D eigenvalue weighted by Crippen LogP contribution is 2.21. The molecule has 4 nitrogen and oxygen atoms in total. The van der Waals surface area contributed by atoms with Crippen LogP contribution in [0.1, 0.15) is 13.3 Å². The topological polar surface area (TPSA) is 39.5 Å². The first-order chi connectivity index (χ1) is 9.24. The third-order valence-electron chi connectivity index (χ3n) is 3.76. The van der Waals surface area contributed by atoms with Crippen LogP contribution in [0.15, 0.2) is 24.3 Å². The number of methoxy groups -OCH3 is 1. The fourth-order valence-electron chi connectivity index (χ4n) is 2.48. The number of benzene rings is 1. The normalized spacial score (nSPS) is 17.8. The molecule has 0 spiro atoms. The fraction of sp³-hybridized carbons (Fsp3) is 0.533. The number of hydrogen-bond acceptors (Lipinski definition) is 4. The van der Waals surface area contributed by atoms with Crippen LogP contribution in [0.25, 0.3) is 0 Å². The Hall–Kier alpha value is -1.73. The predicted molar refractivity (Wildman–Crippen MR) is 76.5 cm³/mol. The molecule has 1 aliphatic heterocycles. The molecule has 1 heterocycles. The van der Waals surface area contributed by atoms with Crippen molar-refractivity contribution in [2.24, 2.45) is 0 Å². The van der Waals surface area contributed by atoms with Gasteiger partial charge < -0.3 is 9.64 Å². The average Bonchev–Trinajstić information content (AvgIpc) is 2.48. The lowest BCUT2D eigenvalue weighted by Crippen LogP contribution is -2.49. The second-order valence-corrected chi connectivity index (χ2v) is 4.93. The molecular formula is C15H21N3O. The van der Waals surface area contributed by atoms with Gasteiger partial charge in [-0.25, -0.2) is 0 Å². The second kappa shape index (κ2) is 6.44. The molecule has 4 heteroatoms. The molecule has 0 amide bonds. The van der Waals surface area contributed by atoms with E-state index < -0.39 is 0 Å². The molecular weight excluding hydrogens is 238 g/mol. The molecule has 1 unspecified atom stereocenters. The van der Waals surface area contributed by atoms with E-state index in [1.54, 1.807) is 7.11 Å². The first-order valence-electron chi connectivity index (χ1n) is 6.74. The van der Waals surface area contributed by atoms with Gasteiger partial charge in [-0.05, 0) is 31.2 Å². The summed E-state index contributed by atoms with van der Waals surface area (Å²) in [5.41, 5.74) is 1.24. The molecule has 1 aromatic carbocycles. The lowest BCUT2D eigenvalue weighted by atomic mass is 10.1. The van der Waals surface area contributed by atoms with E-state index in [1.165, 1.54) is 5.69 Å². The number of hydrogen-bond donors (Lipinski definition) is 0. The molecule has 102 valence electrons. The molecule has 0 N–H and O–H groups in total. The lowest BCUT2D eigenvalue weighted by Gasteiger charge is -2.38. The molecule has 2 rings (SSSR count). The first-order valence-corrected chi connectivity index (χ1v) is 6.74. The van der Waals surface area contributed by atoms with E-state index in [1.807, 2.05) is 12.1 Å². The van der Waals surface area contributed by atoms with Crippen molar-refractivity contribution in [3.63, 3.8) is 0 Å². The zero-order valence-corrected chi connectivity index (χ0v) is 11.7. The van der Waals surface area contributed by atoms with E-state index in [-0.39, 0.29) is 0 Å². The lowest BCUT2D eigenvalue weighted by molar-refractivity contribution is 0.199. The Morgan fingerprint density at radius 1 is 1.21 bits per heavy atom. The number of anilines is 1. The van der Waals surface area contributed by atoms with Gasteiger partial charge in [-0.15, -0.1) is 0 Å². The number of ether oxygens (including phenoxy) is 1. The third-order valence-corrected chi connectivity index (χ3v) is 3.76. The van der Waals surface area contributed by atoms with Gasteiger partial charge in [0.05, 0.1) is 19.6 Å². The Kier molecular flexibility index (Phi) is 4.64. The Labute approximate surface area is 115 Å².